The summed E-state index contributed by atoms with van der Waals surface area (Å²) in [7, 11) is 0. The highest BCUT2D eigenvalue weighted by Crippen LogP contribution is 2.39. The Labute approximate surface area is 142 Å². The molecule has 8 heteroatoms. The molecule has 1 aliphatic rings. The second-order valence-electron chi connectivity index (χ2n) is 6.17. The van der Waals surface area contributed by atoms with Crippen LogP contribution in [-0.4, -0.2) is 25.6 Å². The first-order chi connectivity index (χ1) is 12.1. The maximum Gasteiger partial charge on any atom is 0.244 e. The Morgan fingerprint density at radius 1 is 1.44 bits per heavy atom. The van der Waals surface area contributed by atoms with Crippen LogP contribution in [0.2, 0.25) is 0 Å². The lowest BCUT2D eigenvalue weighted by molar-refractivity contribution is -0.116. The normalized spacial score (nSPS) is 13.8. The van der Waals surface area contributed by atoms with E-state index in [0.29, 0.717) is 34.6 Å². The molecule has 4 rings (SSSR count). The number of nitrogens with one attached hydrogen (secondary N) is 1. The summed E-state index contributed by atoms with van der Waals surface area (Å²) < 4.78 is 20.3. The van der Waals surface area contributed by atoms with Gasteiger partial charge < -0.3 is 14.4 Å². The lowest BCUT2D eigenvalue weighted by atomic mass is 10.2. The Balaban J connectivity index is 1.41. The molecule has 2 aromatic heterocycles. The van der Waals surface area contributed by atoms with E-state index in [0.717, 1.165) is 12.8 Å². The molecule has 0 atom stereocenters. The first-order valence-corrected chi connectivity index (χ1v) is 8.00. The Morgan fingerprint density at radius 3 is 3.04 bits per heavy atom. The third-order valence-electron chi connectivity index (χ3n) is 4.01. The number of hydrogen-bond acceptors (Lipinski definition) is 5. The van der Waals surface area contributed by atoms with E-state index in [1.54, 1.807) is 29.8 Å². The molecule has 0 radical (unpaired) electrons. The Kier molecular flexibility index (Phi) is 3.79. The maximum atomic E-state index is 13.5. The average molecular weight is 341 g/mol. The molecule has 1 saturated carbocycles. The van der Waals surface area contributed by atoms with Crippen LogP contribution in [0, 0.1) is 12.7 Å². The molecule has 1 aromatic carbocycles. The Hall–Kier alpha value is -3.03. The number of benzene rings is 1. The van der Waals surface area contributed by atoms with E-state index in [4.69, 9.17) is 4.52 Å². The Morgan fingerprint density at radius 2 is 2.28 bits per heavy atom. The molecule has 0 unspecified atom stereocenters. The van der Waals surface area contributed by atoms with Crippen molar-refractivity contribution in [3.8, 4) is 11.5 Å². The summed E-state index contributed by atoms with van der Waals surface area (Å²) in [5.41, 5.74) is 1.49. The van der Waals surface area contributed by atoms with E-state index in [2.05, 4.69) is 20.4 Å². The van der Waals surface area contributed by atoms with E-state index in [1.807, 2.05) is 0 Å². The van der Waals surface area contributed by atoms with Gasteiger partial charge in [0, 0.05) is 17.8 Å². The van der Waals surface area contributed by atoms with Crippen molar-refractivity contribution in [2.45, 2.75) is 32.2 Å². The zero-order chi connectivity index (χ0) is 17.4. The summed E-state index contributed by atoms with van der Waals surface area (Å²) in [5.74, 6) is 0.805. The van der Waals surface area contributed by atoms with Gasteiger partial charge in [0.05, 0.1) is 6.33 Å². The van der Waals surface area contributed by atoms with Gasteiger partial charge >= 0.3 is 0 Å². The number of amides is 1. The number of carbonyl (C=O) groups is 1. The van der Waals surface area contributed by atoms with Crippen LogP contribution in [0.3, 0.4) is 0 Å². The topological polar surface area (TPSA) is 85.8 Å². The van der Waals surface area contributed by atoms with Gasteiger partial charge in [0.15, 0.2) is 0 Å². The number of imidazole rings is 1. The molecule has 128 valence electrons. The molecule has 0 bridgehead atoms. The van der Waals surface area contributed by atoms with E-state index in [1.165, 1.54) is 12.4 Å². The molecule has 1 fully saturated rings. The van der Waals surface area contributed by atoms with Crippen LogP contribution in [0.4, 0.5) is 10.1 Å². The predicted molar refractivity (Wildman–Crippen MR) is 87.3 cm³/mol. The molecular formula is C17H16FN5O2. The number of nitrogens with zero attached hydrogens (tertiary/aromatic N) is 4. The molecule has 3 aromatic rings. The van der Waals surface area contributed by atoms with Crippen molar-refractivity contribution in [3.05, 3.63) is 48.0 Å². The molecule has 0 saturated heterocycles. The molecule has 2 heterocycles. The van der Waals surface area contributed by atoms with E-state index < -0.39 is 0 Å². The van der Waals surface area contributed by atoms with Crippen LogP contribution in [-0.2, 0) is 11.3 Å². The summed E-state index contributed by atoms with van der Waals surface area (Å²) in [5, 5.41) is 6.58. The van der Waals surface area contributed by atoms with Crippen LogP contribution in [0.15, 0.2) is 35.2 Å². The van der Waals surface area contributed by atoms with Gasteiger partial charge in [-0.2, -0.15) is 4.98 Å². The molecule has 0 aliphatic heterocycles. The van der Waals surface area contributed by atoms with Crippen molar-refractivity contribution in [2.24, 2.45) is 0 Å². The highest BCUT2D eigenvalue weighted by molar-refractivity contribution is 5.90. The van der Waals surface area contributed by atoms with Crippen LogP contribution < -0.4 is 5.32 Å². The molecular weight excluding hydrogens is 325 g/mol. The maximum absolute atomic E-state index is 13.5. The fourth-order valence-electron chi connectivity index (χ4n) is 2.43. The van der Waals surface area contributed by atoms with Crippen LogP contribution in [0.25, 0.3) is 11.5 Å². The average Bonchev–Trinajstić information content (AvgIpc) is 3.13. The standard InChI is InChI=1S/C17H16FN5O2/c1-10-2-5-12(6-13(10)18)20-15(24)8-23-7-14(19-9-23)16-21-17(25-22-16)11-3-4-11/h2,5-7,9,11H,3-4,8H2,1H3,(H,20,24). The van der Waals surface area contributed by atoms with Gasteiger partial charge in [-0.05, 0) is 37.5 Å². The number of aryl methyl sites for hydroxylation is 1. The second-order valence-corrected chi connectivity index (χ2v) is 6.17. The number of halogens is 1. The second kappa shape index (κ2) is 6.12. The number of hydrogen-bond donors (Lipinski definition) is 1. The fourth-order valence-corrected chi connectivity index (χ4v) is 2.43. The van der Waals surface area contributed by atoms with E-state index in [-0.39, 0.29) is 18.3 Å². The van der Waals surface area contributed by atoms with Crippen molar-refractivity contribution in [1.82, 2.24) is 19.7 Å². The van der Waals surface area contributed by atoms with Crippen molar-refractivity contribution < 1.29 is 13.7 Å². The van der Waals surface area contributed by atoms with Gasteiger partial charge in [0.25, 0.3) is 0 Å². The number of anilines is 1. The first-order valence-electron chi connectivity index (χ1n) is 8.00. The molecule has 1 aliphatic carbocycles. The SMILES string of the molecule is Cc1ccc(NC(=O)Cn2cnc(-c3noc(C4CC4)n3)c2)cc1F. The lowest BCUT2D eigenvalue weighted by Crippen LogP contribution is -2.18. The summed E-state index contributed by atoms with van der Waals surface area (Å²) in [6.07, 6.45) is 5.36. The number of rotatable bonds is 5. The summed E-state index contributed by atoms with van der Waals surface area (Å²) in [4.78, 5) is 20.6. The minimum Gasteiger partial charge on any atom is -0.339 e. The fraction of sp³-hybridized carbons (Fsp3) is 0.294. The van der Waals surface area contributed by atoms with Gasteiger partial charge in [-0.3, -0.25) is 4.79 Å². The summed E-state index contributed by atoms with van der Waals surface area (Å²) >= 11 is 0. The summed E-state index contributed by atoms with van der Waals surface area (Å²) in [6, 6.07) is 4.58. The largest absolute Gasteiger partial charge is 0.339 e. The van der Waals surface area contributed by atoms with Gasteiger partial charge in [0.1, 0.15) is 18.1 Å². The minimum atomic E-state index is -0.355. The quantitative estimate of drug-likeness (QED) is 0.771. The Bertz CT molecular complexity index is 929. The van der Waals surface area contributed by atoms with E-state index >= 15 is 0 Å². The van der Waals surface area contributed by atoms with Crippen LogP contribution in [0.5, 0.6) is 0 Å². The van der Waals surface area contributed by atoms with Crippen molar-refractivity contribution in [3.63, 3.8) is 0 Å². The van der Waals surface area contributed by atoms with Crippen molar-refractivity contribution in [1.29, 1.82) is 0 Å². The van der Waals surface area contributed by atoms with Gasteiger partial charge in [0.2, 0.25) is 17.6 Å². The zero-order valence-electron chi connectivity index (χ0n) is 13.6. The zero-order valence-corrected chi connectivity index (χ0v) is 13.6. The molecule has 0 spiro atoms. The smallest absolute Gasteiger partial charge is 0.244 e. The molecule has 1 N–H and O–H groups in total. The third-order valence-corrected chi connectivity index (χ3v) is 4.01. The van der Waals surface area contributed by atoms with Crippen LogP contribution in [0.1, 0.15) is 30.2 Å². The van der Waals surface area contributed by atoms with Crippen molar-refractivity contribution in [2.75, 3.05) is 5.32 Å². The minimum absolute atomic E-state index is 0.0514. The monoisotopic (exact) mass is 341 g/mol. The third kappa shape index (κ3) is 3.42. The first kappa shape index (κ1) is 15.5. The number of carbonyl (C=O) groups excluding carboxylic acids is 1. The lowest BCUT2D eigenvalue weighted by Gasteiger charge is -2.06. The van der Waals surface area contributed by atoms with Crippen molar-refractivity contribution >= 4 is 11.6 Å². The van der Waals surface area contributed by atoms with Gasteiger partial charge in [-0.15, -0.1) is 0 Å². The van der Waals surface area contributed by atoms with Crippen LogP contribution >= 0.6 is 0 Å². The number of aromatic nitrogens is 4. The molecule has 7 nitrogen and oxygen atoms in total. The highest BCUT2D eigenvalue weighted by Gasteiger charge is 2.30. The molecule has 25 heavy (non-hydrogen) atoms. The predicted octanol–water partition coefficient (Wildman–Crippen LogP) is 2.90. The van der Waals surface area contributed by atoms with Gasteiger partial charge in [-0.1, -0.05) is 11.2 Å². The van der Waals surface area contributed by atoms with E-state index in [9.17, 15) is 9.18 Å². The van der Waals surface area contributed by atoms with Gasteiger partial charge in [-0.25, -0.2) is 9.37 Å². The summed E-state index contributed by atoms with van der Waals surface area (Å²) in [6.45, 7) is 1.72. The molecule has 1 amide bonds. The highest BCUT2D eigenvalue weighted by atomic mass is 19.1.